The Labute approximate surface area is 142 Å². The molecule has 0 saturated carbocycles. The first-order chi connectivity index (χ1) is 11.5. The summed E-state index contributed by atoms with van der Waals surface area (Å²) < 4.78 is 0. The minimum absolute atomic E-state index is 0.0389. The van der Waals surface area contributed by atoms with Crippen molar-refractivity contribution in [1.29, 1.82) is 0 Å². The van der Waals surface area contributed by atoms with Crippen LogP contribution in [0.25, 0.3) is 0 Å². The highest BCUT2D eigenvalue weighted by Crippen LogP contribution is 2.09. The number of nitrogens with one attached hydrogen (secondary N) is 1. The summed E-state index contributed by atoms with van der Waals surface area (Å²) in [5.41, 5.74) is 1.26. The Morgan fingerprint density at radius 3 is 2.58 bits per heavy atom. The van der Waals surface area contributed by atoms with Gasteiger partial charge >= 0.3 is 6.03 Å². The summed E-state index contributed by atoms with van der Waals surface area (Å²) in [6.07, 6.45) is 2.61. The van der Waals surface area contributed by atoms with Crippen LogP contribution in [-0.2, 0) is 16.0 Å². The van der Waals surface area contributed by atoms with Gasteiger partial charge in [0, 0.05) is 26.1 Å². The molecular weight excluding hydrogens is 306 g/mol. The Morgan fingerprint density at radius 2 is 1.96 bits per heavy atom. The molecule has 1 heterocycles. The van der Waals surface area contributed by atoms with Gasteiger partial charge in [-0.05, 0) is 31.7 Å². The molecule has 0 bridgehead atoms. The molecule has 130 valence electrons. The van der Waals surface area contributed by atoms with E-state index in [1.54, 1.807) is 7.05 Å². The van der Waals surface area contributed by atoms with Crippen molar-refractivity contribution in [3.05, 3.63) is 35.9 Å². The largest absolute Gasteiger partial charge is 0.354 e. The fourth-order valence-corrected chi connectivity index (χ4v) is 2.73. The van der Waals surface area contributed by atoms with Crippen LogP contribution in [-0.4, -0.2) is 53.8 Å². The summed E-state index contributed by atoms with van der Waals surface area (Å²) >= 11 is 0. The predicted molar refractivity (Wildman–Crippen MR) is 91.3 cm³/mol. The average Bonchev–Trinajstić information content (AvgIpc) is 2.80. The van der Waals surface area contributed by atoms with E-state index >= 15 is 0 Å². The number of rotatable bonds is 8. The Kier molecular flexibility index (Phi) is 6.35. The van der Waals surface area contributed by atoms with Crippen LogP contribution in [0.2, 0.25) is 0 Å². The normalized spacial score (nSPS) is 15.8. The second-order valence-corrected chi connectivity index (χ2v) is 6.28. The maximum absolute atomic E-state index is 12.0. The van der Waals surface area contributed by atoms with E-state index in [9.17, 15) is 14.4 Å². The Balaban J connectivity index is 1.64. The van der Waals surface area contributed by atoms with Gasteiger partial charge in [-0.3, -0.25) is 14.5 Å². The van der Waals surface area contributed by atoms with E-state index in [0.717, 1.165) is 12.8 Å². The van der Waals surface area contributed by atoms with Crippen LogP contribution < -0.4 is 5.32 Å². The molecule has 1 aromatic carbocycles. The summed E-state index contributed by atoms with van der Waals surface area (Å²) in [6, 6.07) is 9.98. The molecule has 6 heteroatoms. The number of nitrogens with zero attached hydrogens (tertiary/aromatic N) is 2. The van der Waals surface area contributed by atoms with Crippen molar-refractivity contribution >= 4 is 17.8 Å². The van der Waals surface area contributed by atoms with Crippen LogP contribution in [0.15, 0.2) is 30.3 Å². The number of amides is 4. The molecule has 4 amide bonds. The van der Waals surface area contributed by atoms with Crippen LogP contribution in [0.1, 0.15) is 31.7 Å². The number of hydrogen-bond acceptors (Lipinski definition) is 3. The van der Waals surface area contributed by atoms with Crippen molar-refractivity contribution in [2.75, 3.05) is 20.1 Å². The average molecular weight is 331 g/mol. The third-order valence-corrected chi connectivity index (χ3v) is 4.13. The van der Waals surface area contributed by atoms with Crippen molar-refractivity contribution in [3.63, 3.8) is 0 Å². The second-order valence-electron chi connectivity index (χ2n) is 6.28. The number of benzene rings is 1. The number of likely N-dealkylation sites (N-methyl/N-ethyl adjacent to an activating group) is 1. The third-order valence-electron chi connectivity index (χ3n) is 4.13. The number of aryl methyl sites for hydroxylation is 1. The monoisotopic (exact) mass is 331 g/mol. The molecule has 0 spiro atoms. The zero-order valence-electron chi connectivity index (χ0n) is 14.3. The molecule has 1 aromatic rings. The maximum Gasteiger partial charge on any atom is 0.326 e. The summed E-state index contributed by atoms with van der Waals surface area (Å²) in [4.78, 5) is 37.9. The molecule has 6 nitrogen and oxygen atoms in total. The molecule has 0 radical (unpaired) electrons. The molecular formula is C18H25N3O3. The van der Waals surface area contributed by atoms with Crippen molar-refractivity contribution in [2.45, 2.75) is 38.6 Å². The molecule has 1 saturated heterocycles. The van der Waals surface area contributed by atoms with Crippen LogP contribution in [0.3, 0.4) is 0 Å². The highest BCUT2D eigenvalue weighted by Gasteiger charge is 2.32. The van der Waals surface area contributed by atoms with Crippen LogP contribution in [0, 0.1) is 0 Å². The van der Waals surface area contributed by atoms with Gasteiger partial charge in [-0.25, -0.2) is 4.79 Å². The summed E-state index contributed by atoms with van der Waals surface area (Å²) in [6.45, 7) is 2.42. The number of carbonyl (C=O) groups is 3. The topological polar surface area (TPSA) is 69.7 Å². The Bertz CT molecular complexity index is 588. The van der Waals surface area contributed by atoms with Crippen LogP contribution >= 0.6 is 0 Å². The lowest BCUT2D eigenvalue weighted by Gasteiger charge is -2.16. The van der Waals surface area contributed by atoms with Gasteiger partial charge in [0.15, 0.2) is 0 Å². The summed E-state index contributed by atoms with van der Waals surface area (Å²) in [7, 11) is 1.60. The van der Waals surface area contributed by atoms with Gasteiger partial charge < -0.3 is 10.2 Å². The lowest BCUT2D eigenvalue weighted by Crippen LogP contribution is -2.35. The molecule has 1 fully saturated rings. The lowest BCUT2D eigenvalue weighted by molar-refractivity contribution is -0.126. The van der Waals surface area contributed by atoms with E-state index in [2.05, 4.69) is 17.4 Å². The highest BCUT2D eigenvalue weighted by atomic mass is 16.2. The van der Waals surface area contributed by atoms with E-state index in [1.165, 1.54) is 15.4 Å². The molecule has 1 aliphatic rings. The first-order valence-electron chi connectivity index (χ1n) is 8.36. The van der Waals surface area contributed by atoms with Crippen LogP contribution in [0.4, 0.5) is 4.79 Å². The first-order valence-corrected chi connectivity index (χ1v) is 8.36. The minimum Gasteiger partial charge on any atom is -0.354 e. The third kappa shape index (κ3) is 5.08. The fourth-order valence-electron chi connectivity index (χ4n) is 2.73. The molecule has 2 rings (SSSR count). The number of imide groups is 1. The van der Waals surface area contributed by atoms with E-state index in [4.69, 9.17) is 0 Å². The van der Waals surface area contributed by atoms with Crippen molar-refractivity contribution in [2.24, 2.45) is 0 Å². The zero-order valence-corrected chi connectivity index (χ0v) is 14.3. The van der Waals surface area contributed by atoms with Gasteiger partial charge in [0.25, 0.3) is 0 Å². The zero-order chi connectivity index (χ0) is 17.5. The predicted octanol–water partition coefficient (Wildman–Crippen LogP) is 1.80. The van der Waals surface area contributed by atoms with Gasteiger partial charge in [0.1, 0.15) is 6.54 Å². The maximum atomic E-state index is 12.0. The first kappa shape index (κ1) is 18.0. The number of urea groups is 1. The molecule has 1 aliphatic heterocycles. The molecule has 1 unspecified atom stereocenters. The van der Waals surface area contributed by atoms with Crippen LogP contribution in [0.5, 0.6) is 0 Å². The molecule has 1 atom stereocenters. The molecule has 24 heavy (non-hydrogen) atoms. The fraction of sp³-hybridized carbons (Fsp3) is 0.500. The number of hydrogen-bond donors (Lipinski definition) is 1. The van der Waals surface area contributed by atoms with Crippen molar-refractivity contribution in [3.8, 4) is 0 Å². The smallest absolute Gasteiger partial charge is 0.326 e. The quantitative estimate of drug-likeness (QED) is 0.739. The molecule has 0 aliphatic carbocycles. The number of carbonyl (C=O) groups excluding carboxylic acids is 3. The Morgan fingerprint density at radius 1 is 1.25 bits per heavy atom. The standard InChI is InChI=1S/C18H25N3O3/c1-14(10-11-15-7-4-3-5-8-15)19-16(22)9-6-12-21-17(23)13-20(2)18(21)24/h3-5,7-8,14H,6,9-13H2,1-2H3,(H,19,22). The second kappa shape index (κ2) is 8.47. The van der Waals surface area contributed by atoms with Crippen molar-refractivity contribution < 1.29 is 14.4 Å². The van der Waals surface area contributed by atoms with E-state index in [1.807, 2.05) is 25.1 Å². The molecule has 0 aromatic heterocycles. The van der Waals surface area contributed by atoms with Gasteiger partial charge in [0.2, 0.25) is 11.8 Å². The molecule has 1 N–H and O–H groups in total. The SMILES string of the molecule is CC(CCc1ccccc1)NC(=O)CCCN1C(=O)CN(C)C1=O. The van der Waals surface area contributed by atoms with E-state index < -0.39 is 0 Å². The highest BCUT2D eigenvalue weighted by molar-refractivity contribution is 6.01. The van der Waals surface area contributed by atoms with Gasteiger partial charge in [-0.15, -0.1) is 0 Å². The minimum atomic E-state index is -0.281. The lowest BCUT2D eigenvalue weighted by atomic mass is 10.1. The Hall–Kier alpha value is -2.37. The van der Waals surface area contributed by atoms with Gasteiger partial charge in [0.05, 0.1) is 0 Å². The van der Waals surface area contributed by atoms with Gasteiger partial charge in [-0.1, -0.05) is 30.3 Å². The summed E-state index contributed by atoms with van der Waals surface area (Å²) in [5.74, 6) is -0.234. The van der Waals surface area contributed by atoms with E-state index in [-0.39, 0.29) is 30.4 Å². The van der Waals surface area contributed by atoms with E-state index in [0.29, 0.717) is 19.4 Å². The van der Waals surface area contributed by atoms with Crippen molar-refractivity contribution in [1.82, 2.24) is 15.1 Å². The summed E-state index contributed by atoms with van der Waals surface area (Å²) in [5, 5.41) is 2.97. The van der Waals surface area contributed by atoms with Gasteiger partial charge in [-0.2, -0.15) is 0 Å².